The van der Waals surface area contributed by atoms with E-state index in [9.17, 15) is 9.90 Å². The topological polar surface area (TPSA) is 74.5 Å². The number of aryl methyl sites for hydroxylation is 2. The van der Waals surface area contributed by atoms with Crippen LogP contribution in [-0.2, 0) is 11.3 Å². The number of fused-ring (bicyclic) bond motifs is 1. The van der Waals surface area contributed by atoms with Crippen LogP contribution in [0.15, 0.2) is 24.4 Å². The molecule has 2 atom stereocenters. The Morgan fingerprint density at radius 2 is 2.11 bits per heavy atom. The van der Waals surface area contributed by atoms with Gasteiger partial charge >= 0.3 is 5.97 Å². The van der Waals surface area contributed by atoms with E-state index < -0.39 is 11.4 Å². The molecule has 2 aromatic heterocycles. The van der Waals surface area contributed by atoms with Gasteiger partial charge in [-0.3, -0.25) is 9.48 Å². The van der Waals surface area contributed by atoms with Crippen molar-refractivity contribution < 1.29 is 9.90 Å². The average molecular weight is 383 g/mol. The second kappa shape index (κ2) is 7.20. The van der Waals surface area contributed by atoms with E-state index >= 15 is 0 Å². The largest absolute Gasteiger partial charge is 0.481 e. The van der Waals surface area contributed by atoms with Gasteiger partial charge in [0.2, 0.25) is 0 Å². The van der Waals surface area contributed by atoms with Gasteiger partial charge in [0.15, 0.2) is 0 Å². The molecule has 0 aromatic carbocycles. The van der Waals surface area contributed by atoms with E-state index in [0.29, 0.717) is 19.5 Å². The molecule has 2 saturated heterocycles. The smallest absolute Gasteiger partial charge is 0.311 e. The maximum Gasteiger partial charge on any atom is 0.311 e. The molecular weight excluding hydrogens is 354 g/mol. The summed E-state index contributed by atoms with van der Waals surface area (Å²) in [5.74, 6) is 0.284. The quantitative estimate of drug-likeness (QED) is 0.873. The standard InChI is InChI=1S/C21H29N5O2/c1-15-11-16(2)26(23-15)13-17-5-6-19(22-12-17)25-10-8-21(20(27)28)7-4-9-24(3)18(21)14-25/h5-6,11-12,18H,4,7-10,13-14H2,1-3H3,(H,27,28)/t18-,21+/m1/s1. The third kappa shape index (κ3) is 3.28. The molecule has 7 nitrogen and oxygen atoms in total. The van der Waals surface area contributed by atoms with Crippen LogP contribution in [0.3, 0.4) is 0 Å². The van der Waals surface area contributed by atoms with E-state index in [-0.39, 0.29) is 6.04 Å². The summed E-state index contributed by atoms with van der Waals surface area (Å²) < 4.78 is 1.99. The summed E-state index contributed by atoms with van der Waals surface area (Å²) in [6.07, 6.45) is 4.32. The van der Waals surface area contributed by atoms with Crippen molar-refractivity contribution in [2.75, 3.05) is 31.6 Å². The zero-order valence-electron chi connectivity index (χ0n) is 16.9. The molecular formula is C21H29N5O2. The number of pyridine rings is 1. The number of aliphatic carboxylic acids is 1. The van der Waals surface area contributed by atoms with E-state index in [0.717, 1.165) is 48.7 Å². The zero-order valence-corrected chi connectivity index (χ0v) is 16.9. The number of carbonyl (C=O) groups is 1. The minimum Gasteiger partial charge on any atom is -0.481 e. The minimum atomic E-state index is -0.642. The van der Waals surface area contributed by atoms with Gasteiger partial charge in [-0.1, -0.05) is 6.07 Å². The van der Waals surface area contributed by atoms with Crippen LogP contribution in [0.5, 0.6) is 0 Å². The molecule has 4 heterocycles. The van der Waals surface area contributed by atoms with Gasteiger partial charge in [0.25, 0.3) is 0 Å². The predicted molar refractivity (Wildman–Crippen MR) is 108 cm³/mol. The molecule has 2 aliphatic heterocycles. The molecule has 1 N–H and O–H groups in total. The lowest BCUT2D eigenvalue weighted by Crippen LogP contribution is -2.63. The van der Waals surface area contributed by atoms with Crippen molar-refractivity contribution in [1.29, 1.82) is 0 Å². The maximum atomic E-state index is 12.1. The molecule has 28 heavy (non-hydrogen) atoms. The fraction of sp³-hybridized carbons (Fsp3) is 0.571. The fourth-order valence-electron chi connectivity index (χ4n) is 4.90. The number of hydrogen-bond donors (Lipinski definition) is 1. The highest BCUT2D eigenvalue weighted by Gasteiger charge is 2.52. The van der Waals surface area contributed by atoms with Crippen LogP contribution in [0.2, 0.25) is 0 Å². The number of hydrogen-bond acceptors (Lipinski definition) is 5. The van der Waals surface area contributed by atoms with Crippen molar-refractivity contribution >= 4 is 11.8 Å². The van der Waals surface area contributed by atoms with Crippen LogP contribution in [0.1, 0.15) is 36.2 Å². The Balaban J connectivity index is 1.49. The fourth-order valence-corrected chi connectivity index (χ4v) is 4.90. The number of rotatable bonds is 4. The molecule has 2 fully saturated rings. The second-order valence-corrected chi connectivity index (χ2v) is 8.37. The lowest BCUT2D eigenvalue weighted by Gasteiger charge is -2.52. The number of likely N-dealkylation sites (tertiary alicyclic amines) is 1. The van der Waals surface area contributed by atoms with Crippen molar-refractivity contribution in [1.82, 2.24) is 19.7 Å². The minimum absolute atomic E-state index is 0.0312. The first kappa shape index (κ1) is 18.9. The Hall–Kier alpha value is -2.41. The van der Waals surface area contributed by atoms with Gasteiger partial charge in [0.05, 0.1) is 17.7 Å². The first-order valence-electron chi connectivity index (χ1n) is 10.0. The van der Waals surface area contributed by atoms with Gasteiger partial charge in [-0.2, -0.15) is 5.10 Å². The van der Waals surface area contributed by atoms with Gasteiger partial charge in [-0.15, -0.1) is 0 Å². The van der Waals surface area contributed by atoms with Crippen molar-refractivity contribution in [2.45, 2.75) is 45.7 Å². The van der Waals surface area contributed by atoms with Crippen LogP contribution in [0.4, 0.5) is 5.82 Å². The van der Waals surface area contributed by atoms with E-state index in [1.807, 2.05) is 17.8 Å². The summed E-state index contributed by atoms with van der Waals surface area (Å²) in [7, 11) is 2.05. The van der Waals surface area contributed by atoms with Gasteiger partial charge in [-0.25, -0.2) is 4.98 Å². The van der Waals surface area contributed by atoms with Crippen molar-refractivity contribution in [3.8, 4) is 0 Å². The first-order valence-corrected chi connectivity index (χ1v) is 10.0. The number of piperidine rings is 2. The van der Waals surface area contributed by atoms with E-state index in [2.05, 4.69) is 52.1 Å². The molecule has 0 saturated carbocycles. The number of carboxylic acid groups (broad SMARTS) is 1. The summed E-state index contributed by atoms with van der Waals surface area (Å²) in [4.78, 5) is 21.2. The monoisotopic (exact) mass is 383 g/mol. The van der Waals surface area contributed by atoms with Crippen molar-refractivity contribution in [3.63, 3.8) is 0 Å². The Kier molecular flexibility index (Phi) is 4.87. The van der Waals surface area contributed by atoms with E-state index in [1.54, 1.807) is 0 Å². The highest BCUT2D eigenvalue weighted by molar-refractivity contribution is 5.76. The Morgan fingerprint density at radius 3 is 2.75 bits per heavy atom. The summed E-state index contributed by atoms with van der Waals surface area (Å²) in [6.45, 7) is 7.18. The van der Waals surface area contributed by atoms with Crippen molar-refractivity contribution in [2.24, 2.45) is 5.41 Å². The van der Waals surface area contributed by atoms with E-state index in [1.165, 1.54) is 0 Å². The van der Waals surface area contributed by atoms with Crippen LogP contribution in [-0.4, -0.2) is 63.5 Å². The molecule has 2 aromatic rings. The summed E-state index contributed by atoms with van der Waals surface area (Å²) >= 11 is 0. The van der Waals surface area contributed by atoms with Gasteiger partial charge in [0, 0.05) is 31.0 Å². The SMILES string of the molecule is Cc1cc(C)n(Cc2ccc(N3CC[C@@]4(C(=O)O)CCCN(C)[C@@H]4C3)nc2)n1. The molecule has 0 radical (unpaired) electrons. The number of carboxylic acids is 1. The summed E-state index contributed by atoms with van der Waals surface area (Å²) in [6, 6.07) is 6.26. The van der Waals surface area contributed by atoms with Gasteiger partial charge in [-0.05, 0) is 64.4 Å². The summed E-state index contributed by atoms with van der Waals surface area (Å²) in [5, 5.41) is 14.4. The molecule has 150 valence electrons. The maximum absolute atomic E-state index is 12.1. The number of likely N-dealkylation sites (N-methyl/N-ethyl adjacent to an activating group) is 1. The van der Waals surface area contributed by atoms with Crippen LogP contribution >= 0.6 is 0 Å². The number of aromatic nitrogens is 3. The highest BCUT2D eigenvalue weighted by Crippen LogP contribution is 2.42. The highest BCUT2D eigenvalue weighted by atomic mass is 16.4. The lowest BCUT2D eigenvalue weighted by atomic mass is 9.68. The predicted octanol–water partition coefficient (Wildman–Crippen LogP) is 2.32. The average Bonchev–Trinajstić information content (AvgIpc) is 2.99. The van der Waals surface area contributed by atoms with Crippen LogP contribution in [0, 0.1) is 19.3 Å². The Bertz CT molecular complexity index is 862. The van der Waals surface area contributed by atoms with E-state index in [4.69, 9.17) is 0 Å². The summed E-state index contributed by atoms with van der Waals surface area (Å²) in [5.41, 5.74) is 2.66. The molecule has 0 spiro atoms. The zero-order chi connectivity index (χ0) is 19.9. The lowest BCUT2D eigenvalue weighted by molar-refractivity contribution is -0.158. The molecule has 0 bridgehead atoms. The van der Waals surface area contributed by atoms with Crippen LogP contribution in [0.25, 0.3) is 0 Å². The molecule has 2 aliphatic rings. The molecule has 0 aliphatic carbocycles. The Morgan fingerprint density at radius 1 is 1.29 bits per heavy atom. The van der Waals surface area contributed by atoms with Gasteiger partial charge < -0.3 is 14.9 Å². The van der Waals surface area contributed by atoms with Crippen molar-refractivity contribution in [3.05, 3.63) is 41.3 Å². The van der Waals surface area contributed by atoms with Crippen LogP contribution < -0.4 is 4.90 Å². The molecule has 0 amide bonds. The number of anilines is 1. The third-order valence-corrected chi connectivity index (χ3v) is 6.52. The normalized spacial score (nSPS) is 25.5. The molecule has 0 unspecified atom stereocenters. The first-order chi connectivity index (χ1) is 13.4. The molecule has 4 rings (SSSR count). The Labute approximate surface area is 166 Å². The second-order valence-electron chi connectivity index (χ2n) is 8.37. The van der Waals surface area contributed by atoms with Gasteiger partial charge in [0.1, 0.15) is 5.82 Å². The molecule has 7 heteroatoms. The number of nitrogens with zero attached hydrogens (tertiary/aromatic N) is 5. The third-order valence-electron chi connectivity index (χ3n) is 6.52.